The third-order valence-corrected chi connectivity index (χ3v) is 2.91. The molecule has 94 valence electrons. The molecule has 0 spiro atoms. The molecule has 1 aliphatic carbocycles. The van der Waals surface area contributed by atoms with Gasteiger partial charge in [0, 0.05) is 26.2 Å². The third kappa shape index (κ3) is 3.47. The molecular weight excluding hydrogens is 214 g/mol. The minimum absolute atomic E-state index is 0.337. The molecule has 0 radical (unpaired) electrons. The maximum Gasteiger partial charge on any atom is 0.223 e. The third-order valence-electron chi connectivity index (χ3n) is 2.91. The summed E-state index contributed by atoms with van der Waals surface area (Å²) in [5, 5.41) is 3.24. The Morgan fingerprint density at radius 3 is 2.88 bits per heavy atom. The van der Waals surface area contributed by atoms with Crippen molar-refractivity contribution < 1.29 is 0 Å². The van der Waals surface area contributed by atoms with Crippen LogP contribution in [0.15, 0.2) is 6.07 Å². The number of hydrogen-bond acceptors (Lipinski definition) is 5. The molecule has 0 bridgehead atoms. The zero-order chi connectivity index (χ0) is 12.3. The van der Waals surface area contributed by atoms with Gasteiger partial charge in [-0.3, -0.25) is 0 Å². The van der Waals surface area contributed by atoms with Crippen molar-refractivity contribution in [2.75, 3.05) is 36.1 Å². The molecule has 1 heterocycles. The molecule has 17 heavy (non-hydrogen) atoms. The van der Waals surface area contributed by atoms with E-state index in [4.69, 9.17) is 5.73 Å². The zero-order valence-corrected chi connectivity index (χ0v) is 10.6. The Bertz CT molecular complexity index is 375. The molecule has 1 fully saturated rings. The Morgan fingerprint density at radius 2 is 2.24 bits per heavy atom. The van der Waals surface area contributed by atoms with Crippen LogP contribution >= 0.6 is 0 Å². The van der Waals surface area contributed by atoms with Gasteiger partial charge in [0.25, 0.3) is 0 Å². The number of rotatable bonds is 6. The molecule has 0 aromatic carbocycles. The van der Waals surface area contributed by atoms with Crippen LogP contribution in [-0.2, 0) is 0 Å². The van der Waals surface area contributed by atoms with Crippen LogP contribution in [0.2, 0.25) is 0 Å². The first-order chi connectivity index (χ1) is 8.19. The van der Waals surface area contributed by atoms with Crippen molar-refractivity contribution >= 4 is 17.6 Å². The molecule has 1 saturated carbocycles. The van der Waals surface area contributed by atoms with Crippen LogP contribution in [0.1, 0.15) is 26.2 Å². The summed E-state index contributed by atoms with van der Waals surface area (Å²) >= 11 is 0. The lowest BCUT2D eigenvalue weighted by Gasteiger charge is -2.18. The number of nitrogens with one attached hydrogen (secondary N) is 1. The van der Waals surface area contributed by atoms with Gasteiger partial charge in [-0.05, 0) is 25.2 Å². The van der Waals surface area contributed by atoms with E-state index in [-0.39, 0.29) is 0 Å². The van der Waals surface area contributed by atoms with Crippen molar-refractivity contribution in [2.24, 2.45) is 5.92 Å². The quantitative estimate of drug-likeness (QED) is 0.786. The summed E-state index contributed by atoms with van der Waals surface area (Å²) in [6.07, 6.45) is 3.74. The summed E-state index contributed by atoms with van der Waals surface area (Å²) in [5.41, 5.74) is 5.73. The average Bonchev–Trinajstić information content (AvgIpc) is 3.09. The summed E-state index contributed by atoms with van der Waals surface area (Å²) in [4.78, 5) is 10.6. The molecule has 0 saturated heterocycles. The molecule has 1 aromatic heterocycles. The Hall–Kier alpha value is -1.52. The molecule has 5 nitrogen and oxygen atoms in total. The highest BCUT2D eigenvalue weighted by Crippen LogP contribution is 2.30. The first-order valence-corrected chi connectivity index (χ1v) is 6.28. The minimum atomic E-state index is 0.337. The second-order valence-electron chi connectivity index (χ2n) is 4.72. The largest absolute Gasteiger partial charge is 0.370 e. The summed E-state index contributed by atoms with van der Waals surface area (Å²) < 4.78 is 0. The van der Waals surface area contributed by atoms with E-state index in [0.29, 0.717) is 5.95 Å². The summed E-state index contributed by atoms with van der Waals surface area (Å²) in [7, 11) is 2.06. The SMILES string of the molecule is CCCNc1cc(N(C)CC2CC2)nc(N)n1. The molecular formula is C12H21N5. The molecule has 0 unspecified atom stereocenters. The first-order valence-electron chi connectivity index (χ1n) is 6.28. The number of nitrogens with two attached hydrogens (primary N) is 1. The standard InChI is InChI=1S/C12H21N5/c1-3-6-14-10-7-11(16-12(13)15-10)17(2)8-9-4-5-9/h7,9H,3-6,8H2,1-2H3,(H3,13,14,15,16). The van der Waals surface area contributed by atoms with Gasteiger partial charge in [0.15, 0.2) is 0 Å². The van der Waals surface area contributed by atoms with Gasteiger partial charge >= 0.3 is 0 Å². The second kappa shape index (κ2) is 5.21. The maximum atomic E-state index is 5.73. The molecule has 1 aromatic rings. The van der Waals surface area contributed by atoms with E-state index in [1.807, 2.05) is 6.07 Å². The Balaban J connectivity index is 2.06. The lowest BCUT2D eigenvalue weighted by Crippen LogP contribution is -2.22. The molecule has 1 aliphatic rings. The number of hydrogen-bond donors (Lipinski definition) is 2. The van der Waals surface area contributed by atoms with Gasteiger partial charge in [0.05, 0.1) is 0 Å². The topological polar surface area (TPSA) is 67.1 Å². The van der Waals surface area contributed by atoms with Gasteiger partial charge in [-0.1, -0.05) is 6.92 Å². The van der Waals surface area contributed by atoms with Gasteiger partial charge in [-0.15, -0.1) is 0 Å². The van der Waals surface area contributed by atoms with Crippen molar-refractivity contribution in [2.45, 2.75) is 26.2 Å². The van der Waals surface area contributed by atoms with Crippen molar-refractivity contribution in [3.63, 3.8) is 0 Å². The van der Waals surface area contributed by atoms with E-state index in [2.05, 4.69) is 34.2 Å². The predicted octanol–water partition coefficient (Wildman–Crippen LogP) is 1.73. The van der Waals surface area contributed by atoms with Crippen LogP contribution < -0.4 is 16.0 Å². The van der Waals surface area contributed by atoms with E-state index in [9.17, 15) is 0 Å². The van der Waals surface area contributed by atoms with Gasteiger partial charge in [-0.25, -0.2) is 0 Å². The normalized spacial score (nSPS) is 14.7. The van der Waals surface area contributed by atoms with E-state index < -0.39 is 0 Å². The van der Waals surface area contributed by atoms with Crippen LogP contribution in [0.4, 0.5) is 17.6 Å². The fourth-order valence-corrected chi connectivity index (χ4v) is 1.77. The van der Waals surface area contributed by atoms with Crippen LogP contribution in [0, 0.1) is 5.92 Å². The smallest absolute Gasteiger partial charge is 0.223 e. The van der Waals surface area contributed by atoms with E-state index in [1.165, 1.54) is 12.8 Å². The highest BCUT2D eigenvalue weighted by Gasteiger charge is 2.23. The van der Waals surface area contributed by atoms with Gasteiger partial charge in [-0.2, -0.15) is 9.97 Å². The summed E-state index contributed by atoms with van der Waals surface area (Å²) in [6.45, 7) is 4.09. The number of nitrogen functional groups attached to an aromatic ring is 1. The minimum Gasteiger partial charge on any atom is -0.370 e. The lowest BCUT2D eigenvalue weighted by molar-refractivity contribution is 0.776. The Kier molecular flexibility index (Phi) is 3.66. The van der Waals surface area contributed by atoms with E-state index >= 15 is 0 Å². The molecule has 2 rings (SSSR count). The Morgan fingerprint density at radius 1 is 1.47 bits per heavy atom. The number of nitrogens with zero attached hydrogens (tertiary/aromatic N) is 3. The first kappa shape index (κ1) is 12.0. The van der Waals surface area contributed by atoms with Crippen molar-refractivity contribution in [1.82, 2.24) is 9.97 Å². The molecule has 0 amide bonds. The van der Waals surface area contributed by atoms with E-state index in [1.54, 1.807) is 0 Å². The van der Waals surface area contributed by atoms with Crippen molar-refractivity contribution in [1.29, 1.82) is 0 Å². The summed E-state index contributed by atoms with van der Waals surface area (Å²) in [6, 6.07) is 1.97. The second-order valence-corrected chi connectivity index (χ2v) is 4.72. The molecule has 3 N–H and O–H groups in total. The Labute approximate surface area is 102 Å². The zero-order valence-electron chi connectivity index (χ0n) is 10.6. The van der Waals surface area contributed by atoms with Gasteiger partial charge < -0.3 is 16.0 Å². The molecule has 0 aliphatic heterocycles. The van der Waals surface area contributed by atoms with Crippen molar-refractivity contribution in [3.05, 3.63) is 6.07 Å². The highest BCUT2D eigenvalue weighted by molar-refractivity contribution is 5.52. The number of anilines is 3. The molecule has 0 atom stereocenters. The highest BCUT2D eigenvalue weighted by atomic mass is 15.2. The lowest BCUT2D eigenvalue weighted by atomic mass is 10.3. The molecule has 5 heteroatoms. The van der Waals surface area contributed by atoms with E-state index in [0.717, 1.165) is 37.1 Å². The average molecular weight is 235 g/mol. The van der Waals surface area contributed by atoms with Crippen LogP contribution in [-0.4, -0.2) is 30.1 Å². The fourth-order valence-electron chi connectivity index (χ4n) is 1.77. The predicted molar refractivity (Wildman–Crippen MR) is 71.2 cm³/mol. The fraction of sp³-hybridized carbons (Fsp3) is 0.667. The number of aromatic nitrogens is 2. The summed E-state index contributed by atoms with van der Waals surface area (Å²) in [5.74, 6) is 2.90. The monoisotopic (exact) mass is 235 g/mol. The van der Waals surface area contributed by atoms with Crippen molar-refractivity contribution in [3.8, 4) is 0 Å². The van der Waals surface area contributed by atoms with Gasteiger partial charge in [0.1, 0.15) is 11.6 Å². The maximum absolute atomic E-state index is 5.73. The van der Waals surface area contributed by atoms with Crippen LogP contribution in [0.25, 0.3) is 0 Å². The van der Waals surface area contributed by atoms with Gasteiger partial charge in [0.2, 0.25) is 5.95 Å². The van der Waals surface area contributed by atoms with Crippen LogP contribution in [0.3, 0.4) is 0 Å². The van der Waals surface area contributed by atoms with Crippen LogP contribution in [0.5, 0.6) is 0 Å².